The third-order valence-corrected chi connectivity index (χ3v) is 7.24. The molecular weight excluding hydrogens is 516 g/mol. The number of nitrogens with one attached hydrogen (secondary N) is 3. The van der Waals surface area contributed by atoms with Crippen molar-refractivity contribution < 1.29 is 33.9 Å². The highest BCUT2D eigenvalue weighted by Gasteiger charge is 2.53. The van der Waals surface area contributed by atoms with Gasteiger partial charge in [-0.1, -0.05) is 32.4 Å². The molecule has 206 valence electrons. The summed E-state index contributed by atoms with van der Waals surface area (Å²) in [5.41, 5.74) is -0.201. The summed E-state index contributed by atoms with van der Waals surface area (Å²) in [6.07, 6.45) is 1.85. The molecule has 4 amide bonds. The first-order chi connectivity index (χ1) is 17.7. The van der Waals surface area contributed by atoms with Crippen LogP contribution < -0.4 is 16.0 Å². The van der Waals surface area contributed by atoms with E-state index in [0.717, 1.165) is 6.42 Å². The quantitative estimate of drug-likeness (QED) is 0.343. The molecule has 38 heavy (non-hydrogen) atoms. The first-order valence-corrected chi connectivity index (χ1v) is 12.8. The number of carbonyl (C=O) groups excluding carboxylic acids is 5. The molecule has 0 radical (unpaired) electrons. The molecule has 1 saturated heterocycles. The number of aldehydes is 1. The summed E-state index contributed by atoms with van der Waals surface area (Å²) in [7, 11) is 0. The van der Waals surface area contributed by atoms with Crippen LogP contribution in [0, 0.1) is 11.3 Å². The van der Waals surface area contributed by atoms with Crippen LogP contribution in [0.4, 0.5) is 5.69 Å². The van der Waals surface area contributed by atoms with Crippen molar-refractivity contribution in [3.63, 3.8) is 0 Å². The molecule has 3 rings (SSSR count). The van der Waals surface area contributed by atoms with E-state index in [9.17, 15) is 28.8 Å². The number of halogens is 1. The molecular formula is C26H33ClN4O7. The third kappa shape index (κ3) is 6.50. The zero-order valence-electron chi connectivity index (χ0n) is 21.7. The van der Waals surface area contributed by atoms with Crippen molar-refractivity contribution in [1.82, 2.24) is 15.5 Å². The van der Waals surface area contributed by atoms with E-state index in [-0.39, 0.29) is 28.5 Å². The normalized spacial score (nSPS) is 21.8. The summed E-state index contributed by atoms with van der Waals surface area (Å²) in [4.78, 5) is 75.5. The number of hydrogen-bond donors (Lipinski definition) is 4. The lowest BCUT2D eigenvalue weighted by atomic mass is 9.84. The number of nitrogens with zero attached hydrogens (tertiary/aromatic N) is 1. The fourth-order valence-electron chi connectivity index (χ4n) is 5.19. The van der Waals surface area contributed by atoms with Gasteiger partial charge < -0.3 is 30.8 Å². The summed E-state index contributed by atoms with van der Waals surface area (Å²) in [5.74, 6) is -3.24. The van der Waals surface area contributed by atoms with E-state index in [4.69, 9.17) is 16.7 Å². The number of piperidine rings is 1. The highest BCUT2D eigenvalue weighted by Crippen LogP contribution is 2.43. The van der Waals surface area contributed by atoms with Crippen LogP contribution in [0.15, 0.2) is 18.2 Å². The number of aliphatic carboxylic acids is 1. The van der Waals surface area contributed by atoms with Gasteiger partial charge in [0.15, 0.2) is 0 Å². The summed E-state index contributed by atoms with van der Waals surface area (Å²) < 4.78 is 0. The van der Waals surface area contributed by atoms with Crippen LogP contribution in [0.5, 0.6) is 0 Å². The Balaban J connectivity index is 1.83. The van der Waals surface area contributed by atoms with Crippen LogP contribution in [0.1, 0.15) is 63.7 Å². The molecule has 12 heteroatoms. The van der Waals surface area contributed by atoms with Crippen molar-refractivity contribution in [1.29, 1.82) is 0 Å². The van der Waals surface area contributed by atoms with Crippen molar-refractivity contribution in [2.24, 2.45) is 11.3 Å². The molecule has 5 atom stereocenters. The Kier molecular flexibility index (Phi) is 8.81. The van der Waals surface area contributed by atoms with E-state index in [1.54, 1.807) is 20.8 Å². The van der Waals surface area contributed by atoms with Gasteiger partial charge in [-0.2, -0.15) is 0 Å². The zero-order chi connectivity index (χ0) is 28.4. The van der Waals surface area contributed by atoms with Crippen molar-refractivity contribution in [3.8, 4) is 0 Å². The molecule has 5 unspecified atom stereocenters. The number of hydrogen-bond acceptors (Lipinski definition) is 6. The van der Waals surface area contributed by atoms with E-state index in [1.165, 1.54) is 30.0 Å². The van der Waals surface area contributed by atoms with E-state index in [1.807, 2.05) is 0 Å². The SMILES string of the molecule is CC(=O)Nc1ccc(C(=O)NC(C(=O)N2C3CCC(C3)C2C(=O)NC(C=O)CC(=O)O)C(C)(C)C)cc1Cl. The molecule has 1 aromatic carbocycles. The Morgan fingerprint density at radius 2 is 1.84 bits per heavy atom. The Bertz CT molecular complexity index is 1150. The second-order valence-corrected chi connectivity index (χ2v) is 11.3. The second-order valence-electron chi connectivity index (χ2n) is 10.9. The highest BCUT2D eigenvalue weighted by molar-refractivity contribution is 6.34. The molecule has 1 heterocycles. The number of likely N-dealkylation sites (tertiary alicyclic amines) is 1. The molecule has 1 saturated carbocycles. The van der Waals surface area contributed by atoms with Crippen LogP contribution in [-0.2, 0) is 24.0 Å². The fraction of sp³-hybridized carbons (Fsp3) is 0.538. The molecule has 1 aromatic rings. The van der Waals surface area contributed by atoms with E-state index in [0.29, 0.717) is 24.8 Å². The monoisotopic (exact) mass is 548 g/mol. The lowest BCUT2D eigenvalue weighted by Gasteiger charge is -2.40. The average molecular weight is 549 g/mol. The van der Waals surface area contributed by atoms with Gasteiger partial charge in [0.2, 0.25) is 17.7 Å². The largest absolute Gasteiger partial charge is 0.481 e. The molecule has 11 nitrogen and oxygen atoms in total. The van der Waals surface area contributed by atoms with Crippen LogP contribution in [0.2, 0.25) is 5.02 Å². The van der Waals surface area contributed by atoms with Gasteiger partial charge in [0.1, 0.15) is 18.4 Å². The maximum absolute atomic E-state index is 13.9. The molecule has 1 aliphatic heterocycles. The highest BCUT2D eigenvalue weighted by atomic mass is 35.5. The smallest absolute Gasteiger partial charge is 0.305 e. The summed E-state index contributed by atoms with van der Waals surface area (Å²) >= 11 is 6.22. The Labute approximate surface area is 225 Å². The van der Waals surface area contributed by atoms with Crippen LogP contribution in [-0.4, -0.2) is 70.1 Å². The van der Waals surface area contributed by atoms with Gasteiger partial charge in [-0.3, -0.25) is 24.0 Å². The molecule has 2 fully saturated rings. The van der Waals surface area contributed by atoms with Crippen molar-refractivity contribution in [2.45, 2.75) is 77.5 Å². The number of carboxylic acid groups (broad SMARTS) is 1. The minimum Gasteiger partial charge on any atom is -0.481 e. The van der Waals surface area contributed by atoms with E-state index in [2.05, 4.69) is 16.0 Å². The zero-order valence-corrected chi connectivity index (χ0v) is 22.5. The number of carboxylic acids is 1. The van der Waals surface area contributed by atoms with Gasteiger partial charge in [0.05, 0.1) is 23.2 Å². The minimum atomic E-state index is -1.23. The van der Waals surface area contributed by atoms with Gasteiger partial charge in [-0.05, 0) is 48.8 Å². The van der Waals surface area contributed by atoms with Gasteiger partial charge in [-0.25, -0.2) is 0 Å². The summed E-state index contributed by atoms with van der Waals surface area (Å²) in [6, 6.07) is 1.08. The van der Waals surface area contributed by atoms with Crippen molar-refractivity contribution in [2.75, 3.05) is 5.32 Å². The Hall–Kier alpha value is -3.47. The van der Waals surface area contributed by atoms with Crippen molar-refractivity contribution in [3.05, 3.63) is 28.8 Å². The minimum absolute atomic E-state index is 0.127. The lowest BCUT2D eigenvalue weighted by molar-refractivity contribution is -0.147. The van der Waals surface area contributed by atoms with Gasteiger partial charge in [0, 0.05) is 18.5 Å². The van der Waals surface area contributed by atoms with E-state index < -0.39 is 53.7 Å². The number of rotatable bonds is 9. The maximum Gasteiger partial charge on any atom is 0.305 e. The molecule has 0 spiro atoms. The van der Waals surface area contributed by atoms with Crippen LogP contribution in [0.3, 0.4) is 0 Å². The van der Waals surface area contributed by atoms with Gasteiger partial charge in [0.25, 0.3) is 5.91 Å². The topological polar surface area (TPSA) is 162 Å². The standard InChI is InChI=1S/C26H33ClN4O7/c1-13(33)28-19-8-6-15(10-18(19)27)23(36)30-22(26(2,3)4)25(38)31-17-7-5-14(9-17)21(31)24(37)29-16(12-32)11-20(34)35/h6,8,10,12,14,16-17,21-22H,5,7,9,11H2,1-4H3,(H,28,33)(H,29,37)(H,30,36)(H,34,35). The van der Waals surface area contributed by atoms with Crippen LogP contribution >= 0.6 is 11.6 Å². The van der Waals surface area contributed by atoms with Gasteiger partial charge in [-0.15, -0.1) is 0 Å². The van der Waals surface area contributed by atoms with Crippen LogP contribution in [0.25, 0.3) is 0 Å². The number of amides is 4. The first kappa shape index (κ1) is 29.1. The predicted molar refractivity (Wildman–Crippen MR) is 138 cm³/mol. The fourth-order valence-corrected chi connectivity index (χ4v) is 5.42. The molecule has 2 bridgehead atoms. The average Bonchev–Trinajstić information content (AvgIpc) is 3.43. The molecule has 1 aliphatic carbocycles. The van der Waals surface area contributed by atoms with E-state index >= 15 is 0 Å². The van der Waals surface area contributed by atoms with Gasteiger partial charge >= 0.3 is 5.97 Å². The number of fused-ring (bicyclic) bond motifs is 2. The Morgan fingerprint density at radius 3 is 2.39 bits per heavy atom. The maximum atomic E-state index is 13.9. The third-order valence-electron chi connectivity index (χ3n) is 6.93. The summed E-state index contributed by atoms with van der Waals surface area (Å²) in [6.45, 7) is 6.71. The number of anilines is 1. The summed E-state index contributed by atoms with van der Waals surface area (Å²) in [5, 5.41) is 17.0. The number of carbonyl (C=O) groups is 6. The molecule has 4 N–H and O–H groups in total. The second kappa shape index (κ2) is 11.5. The predicted octanol–water partition coefficient (Wildman–Crippen LogP) is 1.98. The van der Waals surface area contributed by atoms with Crippen molar-refractivity contribution >= 4 is 53.2 Å². The number of benzene rings is 1. The lowest BCUT2D eigenvalue weighted by Crippen LogP contribution is -2.61. The molecule has 0 aromatic heterocycles. The first-order valence-electron chi connectivity index (χ1n) is 12.4. The Morgan fingerprint density at radius 1 is 1.16 bits per heavy atom. The molecule has 2 aliphatic rings.